The van der Waals surface area contributed by atoms with Crippen LogP contribution in [0.2, 0.25) is 0 Å². The van der Waals surface area contributed by atoms with E-state index in [2.05, 4.69) is 0 Å². The maximum atomic E-state index is 5.64. The summed E-state index contributed by atoms with van der Waals surface area (Å²) in [4.78, 5) is 0. The van der Waals surface area contributed by atoms with Gasteiger partial charge in [-0.2, -0.15) is 0 Å². The van der Waals surface area contributed by atoms with Gasteiger partial charge in [0.15, 0.2) is 0 Å². The lowest BCUT2D eigenvalue weighted by atomic mass is 10.6. The van der Waals surface area contributed by atoms with Gasteiger partial charge in [-0.3, -0.25) is 0 Å². The highest BCUT2D eigenvalue weighted by Gasteiger charge is 1.96. The van der Waals surface area contributed by atoms with E-state index in [1.165, 1.54) is 0 Å². The van der Waals surface area contributed by atoms with Gasteiger partial charge in [0.25, 0.3) is 0 Å². The summed E-state index contributed by atoms with van der Waals surface area (Å²) in [6.07, 6.45) is 2.87. The minimum Gasteiger partial charge on any atom is -0.146 e. The molecular formula is C4H8Cl2S. The van der Waals surface area contributed by atoms with Gasteiger partial charge in [0, 0.05) is 5.88 Å². The predicted octanol–water partition coefficient (Wildman–Crippen LogP) is 2.54. The Bertz CT molecular complexity index is 40.7. The number of hydrogen-bond acceptors (Lipinski definition) is 1. The van der Waals surface area contributed by atoms with Crippen molar-refractivity contribution in [3.63, 3.8) is 0 Å². The SMILES string of the molecule is CSC(Cl)CCCl. The molecule has 7 heavy (non-hydrogen) atoms. The van der Waals surface area contributed by atoms with E-state index in [9.17, 15) is 0 Å². The Morgan fingerprint density at radius 3 is 2.43 bits per heavy atom. The molecule has 0 saturated heterocycles. The molecule has 0 rings (SSSR count). The van der Waals surface area contributed by atoms with E-state index in [-0.39, 0.29) is 4.71 Å². The van der Waals surface area contributed by atoms with Crippen LogP contribution in [-0.2, 0) is 0 Å². The first kappa shape index (κ1) is 7.93. The van der Waals surface area contributed by atoms with Gasteiger partial charge in [-0.15, -0.1) is 35.0 Å². The third-order valence-corrected chi connectivity index (χ3v) is 2.31. The summed E-state index contributed by atoms with van der Waals surface area (Å²) in [5.74, 6) is 0.662. The minimum absolute atomic E-state index is 0.206. The Morgan fingerprint density at radius 2 is 2.29 bits per heavy atom. The molecule has 0 spiro atoms. The number of rotatable bonds is 3. The van der Waals surface area contributed by atoms with Crippen molar-refractivity contribution in [2.45, 2.75) is 11.1 Å². The molecule has 0 bridgehead atoms. The second kappa shape index (κ2) is 5.07. The highest BCUT2D eigenvalue weighted by Crippen LogP contribution is 2.14. The molecule has 0 heterocycles. The molecule has 0 N–H and O–H groups in total. The Labute approximate surface area is 58.6 Å². The molecule has 44 valence electrons. The molecule has 0 aliphatic rings. The van der Waals surface area contributed by atoms with Crippen molar-refractivity contribution in [3.05, 3.63) is 0 Å². The largest absolute Gasteiger partial charge is 0.146 e. The van der Waals surface area contributed by atoms with Crippen LogP contribution in [0.25, 0.3) is 0 Å². The van der Waals surface area contributed by atoms with Crippen LogP contribution in [0.5, 0.6) is 0 Å². The molecule has 0 aromatic carbocycles. The summed E-state index contributed by atoms with van der Waals surface area (Å²) in [7, 11) is 0. The molecule has 0 aromatic rings. The first-order valence-electron chi connectivity index (χ1n) is 2.04. The van der Waals surface area contributed by atoms with Crippen molar-refractivity contribution in [1.82, 2.24) is 0 Å². The maximum absolute atomic E-state index is 5.64. The summed E-state index contributed by atoms with van der Waals surface area (Å²) >= 11 is 12.7. The molecule has 1 unspecified atom stereocenters. The van der Waals surface area contributed by atoms with Gasteiger partial charge in [-0.1, -0.05) is 0 Å². The van der Waals surface area contributed by atoms with Crippen molar-refractivity contribution in [1.29, 1.82) is 0 Å². The van der Waals surface area contributed by atoms with Crippen molar-refractivity contribution < 1.29 is 0 Å². The van der Waals surface area contributed by atoms with Gasteiger partial charge in [-0.25, -0.2) is 0 Å². The fourth-order valence-corrected chi connectivity index (χ4v) is 1.13. The van der Waals surface area contributed by atoms with E-state index in [0.717, 1.165) is 6.42 Å². The highest BCUT2D eigenvalue weighted by atomic mass is 35.5. The van der Waals surface area contributed by atoms with Gasteiger partial charge < -0.3 is 0 Å². The zero-order chi connectivity index (χ0) is 5.70. The molecular weight excluding hydrogens is 151 g/mol. The molecule has 0 radical (unpaired) electrons. The molecule has 0 saturated carbocycles. The molecule has 0 amide bonds. The zero-order valence-electron chi connectivity index (χ0n) is 4.16. The van der Waals surface area contributed by atoms with Crippen molar-refractivity contribution in [2.75, 3.05) is 12.1 Å². The van der Waals surface area contributed by atoms with Crippen LogP contribution >= 0.6 is 35.0 Å². The average Bonchev–Trinajstić information content (AvgIpc) is 1.68. The molecule has 0 nitrogen and oxygen atoms in total. The highest BCUT2D eigenvalue weighted by molar-refractivity contribution is 8.00. The van der Waals surface area contributed by atoms with E-state index in [1.54, 1.807) is 11.8 Å². The second-order valence-corrected chi connectivity index (χ2v) is 3.33. The van der Waals surface area contributed by atoms with Gasteiger partial charge in [0.2, 0.25) is 0 Å². The van der Waals surface area contributed by atoms with Crippen LogP contribution in [0.15, 0.2) is 0 Å². The van der Waals surface area contributed by atoms with Crippen LogP contribution in [0.4, 0.5) is 0 Å². The lowest BCUT2D eigenvalue weighted by Crippen LogP contribution is -1.89. The Hall–Kier alpha value is 0.930. The number of thioether (sulfide) groups is 1. The minimum atomic E-state index is 0.206. The van der Waals surface area contributed by atoms with Gasteiger partial charge >= 0.3 is 0 Å². The van der Waals surface area contributed by atoms with Crippen molar-refractivity contribution in [2.24, 2.45) is 0 Å². The summed E-state index contributed by atoms with van der Waals surface area (Å²) in [6.45, 7) is 0. The van der Waals surface area contributed by atoms with E-state index in [1.807, 2.05) is 6.26 Å². The van der Waals surface area contributed by atoms with E-state index in [4.69, 9.17) is 23.2 Å². The van der Waals surface area contributed by atoms with E-state index < -0.39 is 0 Å². The van der Waals surface area contributed by atoms with Crippen LogP contribution in [-0.4, -0.2) is 16.8 Å². The van der Waals surface area contributed by atoms with Crippen molar-refractivity contribution in [3.8, 4) is 0 Å². The molecule has 0 aromatic heterocycles. The summed E-state index contributed by atoms with van der Waals surface area (Å²) in [5.41, 5.74) is 0. The molecule has 0 fully saturated rings. The fourth-order valence-electron chi connectivity index (χ4n) is 0.204. The standard InChI is InChI=1S/C4H8Cl2S/c1-7-4(6)2-3-5/h4H,2-3H2,1H3. The number of halogens is 2. The van der Waals surface area contributed by atoms with Crippen LogP contribution in [0.1, 0.15) is 6.42 Å². The monoisotopic (exact) mass is 158 g/mol. The Kier molecular flexibility index (Phi) is 5.75. The maximum Gasteiger partial charge on any atom is 0.0797 e. The molecule has 0 aliphatic carbocycles. The summed E-state index contributed by atoms with van der Waals surface area (Å²) < 4.78 is 0.206. The summed E-state index contributed by atoms with van der Waals surface area (Å²) in [5, 5.41) is 0. The zero-order valence-corrected chi connectivity index (χ0v) is 6.48. The predicted molar refractivity (Wildman–Crippen MR) is 38.5 cm³/mol. The van der Waals surface area contributed by atoms with Crippen LogP contribution < -0.4 is 0 Å². The molecule has 0 aliphatic heterocycles. The Balaban J connectivity index is 2.83. The molecule has 1 atom stereocenters. The Morgan fingerprint density at radius 1 is 1.71 bits per heavy atom. The van der Waals surface area contributed by atoms with E-state index >= 15 is 0 Å². The van der Waals surface area contributed by atoms with Crippen LogP contribution in [0.3, 0.4) is 0 Å². The van der Waals surface area contributed by atoms with Gasteiger partial charge in [0.05, 0.1) is 4.71 Å². The fraction of sp³-hybridized carbons (Fsp3) is 1.00. The average molecular weight is 159 g/mol. The summed E-state index contributed by atoms with van der Waals surface area (Å²) in [6, 6.07) is 0. The quantitative estimate of drug-likeness (QED) is 0.570. The van der Waals surface area contributed by atoms with Gasteiger partial charge in [0.1, 0.15) is 0 Å². The number of alkyl halides is 2. The van der Waals surface area contributed by atoms with Crippen molar-refractivity contribution >= 4 is 35.0 Å². The third-order valence-electron chi connectivity index (χ3n) is 0.592. The topological polar surface area (TPSA) is 0 Å². The van der Waals surface area contributed by atoms with E-state index in [0.29, 0.717) is 5.88 Å². The third kappa shape index (κ3) is 4.79. The van der Waals surface area contributed by atoms with Crippen LogP contribution in [0, 0.1) is 0 Å². The first-order chi connectivity index (χ1) is 3.31. The van der Waals surface area contributed by atoms with Gasteiger partial charge in [-0.05, 0) is 12.7 Å². The number of hydrogen-bond donors (Lipinski definition) is 0. The second-order valence-electron chi connectivity index (χ2n) is 1.12. The smallest absolute Gasteiger partial charge is 0.0797 e. The first-order valence-corrected chi connectivity index (χ1v) is 4.30. The molecule has 3 heteroatoms. The lowest BCUT2D eigenvalue weighted by molar-refractivity contribution is 1.06. The lowest BCUT2D eigenvalue weighted by Gasteiger charge is -1.98. The normalized spacial score (nSPS) is 14.1.